The fraction of sp³-hybridized carbons (Fsp3) is 0.353. The van der Waals surface area contributed by atoms with Gasteiger partial charge in [0.1, 0.15) is 5.56 Å². The summed E-state index contributed by atoms with van der Waals surface area (Å²) in [5.41, 5.74) is 0.929. The van der Waals surface area contributed by atoms with Crippen molar-refractivity contribution in [2.75, 3.05) is 24.2 Å². The van der Waals surface area contributed by atoms with Gasteiger partial charge in [0.15, 0.2) is 5.16 Å². The number of carbonyl (C=O) groups is 1. The summed E-state index contributed by atoms with van der Waals surface area (Å²) in [5, 5.41) is 3.53. The van der Waals surface area contributed by atoms with E-state index in [-0.39, 0.29) is 23.1 Å². The highest BCUT2D eigenvalue weighted by molar-refractivity contribution is 7.99. The molecule has 1 atom stereocenters. The van der Waals surface area contributed by atoms with Gasteiger partial charge in [-0.05, 0) is 19.1 Å². The Bertz CT molecular complexity index is 791. The van der Waals surface area contributed by atoms with Crippen molar-refractivity contribution in [2.24, 2.45) is 0 Å². The van der Waals surface area contributed by atoms with Crippen LogP contribution in [0.5, 0.6) is 0 Å². The monoisotopic (exact) mass is 344 g/mol. The molecule has 0 aliphatic carbocycles. The van der Waals surface area contributed by atoms with Gasteiger partial charge in [0.05, 0.1) is 0 Å². The average molecular weight is 344 g/mol. The van der Waals surface area contributed by atoms with E-state index in [2.05, 4.69) is 15.2 Å². The van der Waals surface area contributed by atoms with Gasteiger partial charge in [0.25, 0.3) is 11.5 Å². The average Bonchev–Trinajstić information content (AvgIpc) is 3.09. The Balaban J connectivity index is 1.65. The van der Waals surface area contributed by atoms with Gasteiger partial charge in [0, 0.05) is 43.8 Å². The second-order valence-electron chi connectivity index (χ2n) is 5.77. The van der Waals surface area contributed by atoms with Crippen LogP contribution in [0.15, 0.2) is 46.5 Å². The third kappa shape index (κ3) is 3.31. The molecule has 1 amide bonds. The van der Waals surface area contributed by atoms with Crippen molar-refractivity contribution in [1.29, 1.82) is 0 Å². The fourth-order valence-corrected chi connectivity index (χ4v) is 3.48. The first-order valence-corrected chi connectivity index (χ1v) is 8.85. The molecule has 1 aliphatic rings. The van der Waals surface area contributed by atoms with Crippen LogP contribution >= 0.6 is 11.8 Å². The van der Waals surface area contributed by atoms with Gasteiger partial charge in [-0.15, -0.1) is 0 Å². The Morgan fingerprint density at radius 1 is 1.42 bits per heavy atom. The molecule has 126 valence electrons. The lowest BCUT2D eigenvalue weighted by Gasteiger charge is -2.27. The molecule has 0 saturated heterocycles. The van der Waals surface area contributed by atoms with Gasteiger partial charge in [-0.3, -0.25) is 14.2 Å². The van der Waals surface area contributed by atoms with Crippen molar-refractivity contribution in [3.05, 3.63) is 52.4 Å². The van der Waals surface area contributed by atoms with Crippen molar-refractivity contribution in [3.63, 3.8) is 0 Å². The molecule has 2 heterocycles. The van der Waals surface area contributed by atoms with Crippen LogP contribution in [-0.4, -0.2) is 40.8 Å². The summed E-state index contributed by atoms with van der Waals surface area (Å²) in [6.45, 7) is 3.08. The van der Waals surface area contributed by atoms with E-state index in [4.69, 9.17) is 0 Å². The summed E-state index contributed by atoms with van der Waals surface area (Å²) in [7, 11) is 1.98. The summed E-state index contributed by atoms with van der Waals surface area (Å²) in [4.78, 5) is 31.0. The van der Waals surface area contributed by atoms with E-state index in [1.165, 1.54) is 18.0 Å². The predicted molar refractivity (Wildman–Crippen MR) is 95.9 cm³/mol. The van der Waals surface area contributed by atoms with Crippen molar-refractivity contribution in [2.45, 2.75) is 24.7 Å². The maximum Gasteiger partial charge on any atom is 0.267 e. The van der Waals surface area contributed by atoms with Crippen LogP contribution in [0.3, 0.4) is 0 Å². The Labute approximate surface area is 144 Å². The number of hydrogen-bond donors (Lipinski definition) is 1. The highest BCUT2D eigenvalue weighted by atomic mass is 32.2. The van der Waals surface area contributed by atoms with E-state index < -0.39 is 0 Å². The number of amides is 1. The molecule has 6 nitrogen and oxygen atoms in total. The molecule has 1 aromatic heterocycles. The molecule has 0 fully saturated rings. The standard InChI is InChI=1S/C17H20N4O2S/c1-12(20(2)13-6-4-3-5-7-13)10-18-15(22)14-11-19-17-21(16(14)23)8-9-24-17/h3-7,11-12H,8-10H2,1-2H3,(H,18,22)/t12-/m0/s1. The van der Waals surface area contributed by atoms with Gasteiger partial charge in [-0.2, -0.15) is 0 Å². The minimum Gasteiger partial charge on any atom is -0.370 e. The maximum atomic E-state index is 12.3. The molecule has 24 heavy (non-hydrogen) atoms. The largest absolute Gasteiger partial charge is 0.370 e. The number of nitrogens with zero attached hydrogens (tertiary/aromatic N) is 3. The number of thioether (sulfide) groups is 1. The van der Waals surface area contributed by atoms with Crippen molar-refractivity contribution in [1.82, 2.24) is 14.9 Å². The molecule has 1 aliphatic heterocycles. The minimum absolute atomic E-state index is 0.0945. The Morgan fingerprint density at radius 3 is 2.92 bits per heavy atom. The molecular formula is C17H20N4O2S. The predicted octanol–water partition coefficient (Wildman–Crippen LogP) is 1.60. The number of nitrogens with one attached hydrogen (secondary N) is 1. The molecule has 0 bridgehead atoms. The molecule has 0 saturated carbocycles. The number of rotatable bonds is 5. The second-order valence-corrected chi connectivity index (χ2v) is 6.83. The second kappa shape index (κ2) is 7.09. The number of benzene rings is 1. The first-order chi connectivity index (χ1) is 11.6. The van der Waals surface area contributed by atoms with E-state index in [1.807, 2.05) is 44.3 Å². The van der Waals surface area contributed by atoms with Crippen LogP contribution in [0.4, 0.5) is 5.69 Å². The maximum absolute atomic E-state index is 12.3. The van der Waals surface area contributed by atoms with E-state index in [0.717, 1.165) is 11.4 Å². The highest BCUT2D eigenvalue weighted by Crippen LogP contribution is 2.20. The van der Waals surface area contributed by atoms with Crippen LogP contribution in [-0.2, 0) is 6.54 Å². The lowest BCUT2D eigenvalue weighted by Crippen LogP contribution is -2.42. The molecule has 1 N–H and O–H groups in total. The van der Waals surface area contributed by atoms with Crippen LogP contribution in [0.2, 0.25) is 0 Å². The third-order valence-corrected chi connectivity index (χ3v) is 5.15. The van der Waals surface area contributed by atoms with Crippen LogP contribution in [0.1, 0.15) is 17.3 Å². The van der Waals surface area contributed by atoms with Crippen molar-refractivity contribution in [3.8, 4) is 0 Å². The summed E-state index contributed by atoms with van der Waals surface area (Å²) < 4.78 is 1.57. The van der Waals surface area contributed by atoms with Gasteiger partial charge < -0.3 is 10.2 Å². The fourth-order valence-electron chi connectivity index (χ4n) is 2.56. The van der Waals surface area contributed by atoms with Crippen LogP contribution in [0, 0.1) is 0 Å². The molecular weight excluding hydrogens is 324 g/mol. The summed E-state index contributed by atoms with van der Waals surface area (Å²) in [6.07, 6.45) is 1.38. The number of carbonyl (C=O) groups excluding carboxylic acids is 1. The molecule has 0 unspecified atom stereocenters. The van der Waals surface area contributed by atoms with Gasteiger partial charge in [-0.1, -0.05) is 30.0 Å². The van der Waals surface area contributed by atoms with E-state index in [9.17, 15) is 9.59 Å². The number of fused-ring (bicyclic) bond motifs is 1. The van der Waals surface area contributed by atoms with E-state index in [1.54, 1.807) is 4.57 Å². The topological polar surface area (TPSA) is 67.2 Å². The zero-order chi connectivity index (χ0) is 17.1. The Kier molecular flexibility index (Phi) is 4.89. The zero-order valence-corrected chi connectivity index (χ0v) is 14.5. The number of likely N-dealkylation sites (N-methyl/N-ethyl adjacent to an activating group) is 1. The Morgan fingerprint density at radius 2 is 2.17 bits per heavy atom. The van der Waals surface area contributed by atoms with Gasteiger partial charge >= 0.3 is 0 Å². The zero-order valence-electron chi connectivity index (χ0n) is 13.7. The van der Waals surface area contributed by atoms with Crippen LogP contribution in [0.25, 0.3) is 0 Å². The lowest BCUT2D eigenvalue weighted by atomic mass is 10.2. The highest BCUT2D eigenvalue weighted by Gasteiger charge is 2.20. The SMILES string of the molecule is C[C@@H](CNC(=O)c1cnc2n(c1=O)CCS2)N(C)c1ccccc1. The first-order valence-electron chi connectivity index (χ1n) is 7.86. The molecule has 2 aromatic rings. The summed E-state index contributed by atoms with van der Waals surface area (Å²) >= 11 is 1.54. The number of para-hydroxylation sites is 1. The molecule has 0 spiro atoms. The number of aromatic nitrogens is 2. The molecule has 7 heteroatoms. The number of anilines is 1. The number of hydrogen-bond acceptors (Lipinski definition) is 5. The Hall–Kier alpha value is -2.28. The molecule has 3 rings (SSSR count). The quantitative estimate of drug-likeness (QED) is 0.835. The van der Waals surface area contributed by atoms with Gasteiger partial charge in [0.2, 0.25) is 0 Å². The van der Waals surface area contributed by atoms with Crippen molar-refractivity contribution < 1.29 is 4.79 Å². The third-order valence-electron chi connectivity index (χ3n) is 4.18. The van der Waals surface area contributed by atoms with Crippen LogP contribution < -0.4 is 15.8 Å². The summed E-state index contributed by atoms with van der Waals surface area (Å²) in [5.74, 6) is 0.458. The molecule has 0 radical (unpaired) electrons. The summed E-state index contributed by atoms with van der Waals surface area (Å²) in [6, 6.07) is 10.1. The van der Waals surface area contributed by atoms with Gasteiger partial charge in [-0.25, -0.2) is 4.98 Å². The first kappa shape index (κ1) is 16.6. The lowest BCUT2D eigenvalue weighted by molar-refractivity contribution is 0.0948. The molecule has 1 aromatic carbocycles. The van der Waals surface area contributed by atoms with E-state index >= 15 is 0 Å². The normalized spacial score (nSPS) is 14.1. The smallest absolute Gasteiger partial charge is 0.267 e. The minimum atomic E-state index is -0.368. The van der Waals surface area contributed by atoms with Crippen molar-refractivity contribution >= 4 is 23.4 Å². The van der Waals surface area contributed by atoms with E-state index in [0.29, 0.717) is 18.2 Å².